The number of H-pyrrole nitrogens is 1. The minimum atomic E-state index is -0.953. The number of aromatic nitrogens is 6. The highest BCUT2D eigenvalue weighted by molar-refractivity contribution is 6.30. The predicted molar refractivity (Wildman–Crippen MR) is 194 cm³/mol. The topological polar surface area (TPSA) is 116 Å². The van der Waals surface area contributed by atoms with Crippen molar-refractivity contribution in [2.75, 3.05) is 26.2 Å². The fourth-order valence-electron chi connectivity index (χ4n) is 6.95. The Morgan fingerprint density at radius 2 is 1.52 bits per heavy atom. The van der Waals surface area contributed by atoms with E-state index in [2.05, 4.69) is 85.9 Å². The van der Waals surface area contributed by atoms with Crippen LogP contribution in [0, 0.1) is 0 Å². The summed E-state index contributed by atoms with van der Waals surface area (Å²) in [5.41, 5.74) is 7.22. The summed E-state index contributed by atoms with van der Waals surface area (Å²) < 4.78 is 1.89. The van der Waals surface area contributed by atoms with Crippen LogP contribution >= 0.6 is 11.6 Å². The number of nitrogens with zero attached hydrogens (tertiary/aromatic N) is 7. The number of rotatable bonds is 12. The summed E-state index contributed by atoms with van der Waals surface area (Å²) in [5.74, 6) is 0.382. The zero-order valence-electron chi connectivity index (χ0n) is 27.9. The quantitative estimate of drug-likeness (QED) is 0.142. The van der Waals surface area contributed by atoms with Gasteiger partial charge in [0.15, 0.2) is 5.69 Å². The highest BCUT2D eigenvalue weighted by Crippen LogP contribution is 2.32. The van der Waals surface area contributed by atoms with E-state index in [0.29, 0.717) is 31.0 Å². The molecule has 4 aromatic carbocycles. The van der Waals surface area contributed by atoms with Crippen LogP contribution in [0.2, 0.25) is 5.02 Å². The van der Waals surface area contributed by atoms with Crippen LogP contribution in [-0.2, 0) is 19.5 Å². The molecule has 0 bridgehead atoms. The summed E-state index contributed by atoms with van der Waals surface area (Å²) in [7, 11) is 0. The number of nitrogens with one attached hydrogen (secondary N) is 1. The first-order valence-electron chi connectivity index (χ1n) is 17.0. The van der Waals surface area contributed by atoms with Crippen molar-refractivity contribution in [3.63, 3.8) is 0 Å². The number of imidazole rings is 1. The molecule has 1 fully saturated rings. The number of aryl methyl sites for hydroxylation is 1. The van der Waals surface area contributed by atoms with Gasteiger partial charge < -0.3 is 9.67 Å². The molecular weight excluding hydrogens is 648 g/mol. The van der Waals surface area contributed by atoms with Gasteiger partial charge in [0, 0.05) is 56.3 Å². The Kier molecular flexibility index (Phi) is 10.1. The van der Waals surface area contributed by atoms with Crippen molar-refractivity contribution in [1.82, 2.24) is 40.0 Å². The summed E-state index contributed by atoms with van der Waals surface area (Å²) in [5, 5.41) is 25.8. The van der Waals surface area contributed by atoms with E-state index in [0.717, 1.165) is 65.7 Å². The maximum absolute atomic E-state index is 12.8. The van der Waals surface area contributed by atoms with Gasteiger partial charge in [-0.2, -0.15) is 5.21 Å². The maximum atomic E-state index is 12.8. The lowest BCUT2D eigenvalue weighted by atomic mass is 9.96. The van der Waals surface area contributed by atoms with Gasteiger partial charge in [-0.15, -0.1) is 10.2 Å². The summed E-state index contributed by atoms with van der Waals surface area (Å²) in [6, 6.07) is 34.9. The van der Waals surface area contributed by atoms with Crippen LogP contribution in [0.3, 0.4) is 0 Å². The summed E-state index contributed by atoms with van der Waals surface area (Å²) >= 11 is 6.23. The van der Waals surface area contributed by atoms with E-state index >= 15 is 0 Å². The molecule has 1 atom stereocenters. The highest BCUT2D eigenvalue weighted by atomic mass is 35.5. The van der Waals surface area contributed by atoms with Gasteiger partial charge in [-0.25, -0.2) is 9.78 Å². The lowest BCUT2D eigenvalue weighted by Crippen LogP contribution is -2.47. The average Bonchev–Trinajstić information content (AvgIpc) is 3.80. The largest absolute Gasteiger partial charge is 0.477 e. The van der Waals surface area contributed by atoms with Gasteiger partial charge in [0.1, 0.15) is 5.82 Å². The number of carboxylic acids is 1. The number of benzene rings is 4. The minimum Gasteiger partial charge on any atom is -0.477 e. The molecule has 0 aliphatic carbocycles. The summed E-state index contributed by atoms with van der Waals surface area (Å²) in [6.45, 7) is 6.30. The van der Waals surface area contributed by atoms with Crippen LogP contribution in [-0.4, -0.2) is 77.2 Å². The number of aromatic amines is 1. The van der Waals surface area contributed by atoms with Gasteiger partial charge in [-0.3, -0.25) is 9.80 Å². The standard InChI is InChI=1S/C39H39ClN8O2/c1-2-8-35-41-34(26-46-21-23-47(24-22-46)36(29-9-4-3-5-10-29)30-17-19-31(40)20-18-30)37(39(49)50)48(35)25-27-13-15-28(16-14-27)32-11-6-7-12-33(32)38-42-44-45-43-38/h3-7,9-20,36H,2,8,21-26H2,1H3,(H,49,50)(H,42,43,44,45). The van der Waals surface area contributed by atoms with Crippen LogP contribution in [0.5, 0.6) is 0 Å². The predicted octanol–water partition coefficient (Wildman–Crippen LogP) is 6.99. The number of hydrogen-bond donors (Lipinski definition) is 2. The van der Waals surface area contributed by atoms with E-state index in [9.17, 15) is 9.90 Å². The van der Waals surface area contributed by atoms with Crippen molar-refractivity contribution in [1.29, 1.82) is 0 Å². The first kappa shape index (κ1) is 33.3. The fourth-order valence-corrected chi connectivity index (χ4v) is 7.08. The third kappa shape index (κ3) is 7.23. The Labute approximate surface area is 296 Å². The summed E-state index contributed by atoms with van der Waals surface area (Å²) in [4.78, 5) is 22.6. The van der Waals surface area contributed by atoms with E-state index < -0.39 is 5.97 Å². The molecule has 11 heteroatoms. The van der Waals surface area contributed by atoms with Crippen molar-refractivity contribution in [2.24, 2.45) is 0 Å². The molecule has 2 N–H and O–H groups in total. The molecule has 0 spiro atoms. The maximum Gasteiger partial charge on any atom is 0.354 e. The van der Waals surface area contributed by atoms with E-state index in [1.165, 1.54) is 11.1 Å². The second-order valence-corrected chi connectivity index (χ2v) is 13.1. The number of carbonyl (C=O) groups is 1. The number of piperazine rings is 1. The molecule has 1 unspecified atom stereocenters. The molecule has 7 rings (SSSR count). The second kappa shape index (κ2) is 15.2. The minimum absolute atomic E-state index is 0.111. The molecule has 1 saturated heterocycles. The molecule has 50 heavy (non-hydrogen) atoms. The molecule has 254 valence electrons. The first-order valence-corrected chi connectivity index (χ1v) is 17.4. The fraction of sp³-hybridized carbons (Fsp3) is 0.256. The van der Waals surface area contributed by atoms with Gasteiger partial charge in [0.25, 0.3) is 0 Å². The Morgan fingerprint density at radius 3 is 2.18 bits per heavy atom. The first-order chi connectivity index (χ1) is 24.5. The second-order valence-electron chi connectivity index (χ2n) is 12.6. The van der Waals surface area contributed by atoms with E-state index in [4.69, 9.17) is 16.6 Å². The molecule has 1 aliphatic rings. The van der Waals surface area contributed by atoms with Crippen LogP contribution in [0.1, 0.15) is 58.1 Å². The third-order valence-electron chi connectivity index (χ3n) is 9.36. The van der Waals surface area contributed by atoms with Crippen molar-refractivity contribution in [2.45, 2.75) is 38.9 Å². The third-order valence-corrected chi connectivity index (χ3v) is 9.61. The van der Waals surface area contributed by atoms with E-state index in [-0.39, 0.29) is 11.7 Å². The van der Waals surface area contributed by atoms with Gasteiger partial charge >= 0.3 is 5.97 Å². The van der Waals surface area contributed by atoms with Gasteiger partial charge in [0.05, 0.1) is 11.7 Å². The molecule has 0 radical (unpaired) electrons. The normalized spacial score (nSPS) is 14.5. The lowest BCUT2D eigenvalue weighted by Gasteiger charge is -2.39. The Hall–Kier alpha value is -5.16. The molecule has 0 saturated carbocycles. The monoisotopic (exact) mass is 686 g/mol. The van der Waals surface area contributed by atoms with Crippen LogP contribution in [0.15, 0.2) is 103 Å². The Bertz CT molecular complexity index is 2020. The molecule has 10 nitrogen and oxygen atoms in total. The number of aromatic carboxylic acids is 1. The van der Waals surface area contributed by atoms with Crippen LogP contribution in [0.4, 0.5) is 0 Å². The SMILES string of the molecule is CCCc1nc(CN2CCN(C(c3ccccc3)c3ccc(Cl)cc3)CC2)c(C(=O)O)n1Cc1ccc(-c2ccccc2-c2nn[nH]n2)cc1. The Morgan fingerprint density at radius 1 is 0.840 bits per heavy atom. The zero-order valence-corrected chi connectivity index (χ0v) is 28.7. The number of hydrogen-bond acceptors (Lipinski definition) is 7. The van der Waals surface area contributed by atoms with Gasteiger partial charge in [-0.1, -0.05) is 110 Å². The van der Waals surface area contributed by atoms with Gasteiger partial charge in [-0.05, 0) is 51.6 Å². The zero-order chi connectivity index (χ0) is 34.5. The molecule has 0 amide bonds. The van der Waals surface area contributed by atoms with Crippen LogP contribution < -0.4 is 0 Å². The highest BCUT2D eigenvalue weighted by Gasteiger charge is 2.29. The molecule has 6 aromatic rings. The number of halogens is 1. The molecule has 1 aliphatic heterocycles. The Balaban J connectivity index is 1.09. The number of tetrazole rings is 1. The van der Waals surface area contributed by atoms with Crippen molar-refractivity contribution in [3.05, 3.63) is 142 Å². The summed E-state index contributed by atoms with van der Waals surface area (Å²) in [6.07, 6.45) is 1.57. The average molecular weight is 687 g/mol. The van der Waals surface area contributed by atoms with Crippen molar-refractivity contribution in [3.8, 4) is 22.5 Å². The molecule has 2 aromatic heterocycles. The molecular formula is C39H39ClN8O2. The smallest absolute Gasteiger partial charge is 0.354 e. The lowest BCUT2D eigenvalue weighted by molar-refractivity contribution is 0.0679. The molecule has 3 heterocycles. The van der Waals surface area contributed by atoms with E-state index in [1.54, 1.807) is 0 Å². The van der Waals surface area contributed by atoms with Crippen LogP contribution in [0.25, 0.3) is 22.5 Å². The van der Waals surface area contributed by atoms with E-state index in [1.807, 2.05) is 59.2 Å². The van der Waals surface area contributed by atoms with Gasteiger partial charge in [0.2, 0.25) is 5.82 Å². The number of carboxylic acid groups (broad SMARTS) is 1. The van der Waals surface area contributed by atoms with Crippen molar-refractivity contribution >= 4 is 17.6 Å². The van der Waals surface area contributed by atoms with Crippen molar-refractivity contribution < 1.29 is 9.90 Å².